The molecule has 0 unspecified atom stereocenters. The van der Waals surface area contributed by atoms with Crippen molar-refractivity contribution in [2.24, 2.45) is 0 Å². The van der Waals surface area contributed by atoms with Crippen LogP contribution in [0.2, 0.25) is 0 Å². The van der Waals surface area contributed by atoms with Crippen molar-refractivity contribution in [1.82, 2.24) is 0 Å². The molecule has 0 spiro atoms. The molecule has 0 bridgehead atoms. The third-order valence-corrected chi connectivity index (χ3v) is 5.30. The van der Waals surface area contributed by atoms with Gasteiger partial charge >= 0.3 is 5.97 Å². The lowest BCUT2D eigenvalue weighted by molar-refractivity contribution is -0.134. The zero-order valence-electron chi connectivity index (χ0n) is 20.0. The van der Waals surface area contributed by atoms with Crippen LogP contribution in [-0.4, -0.2) is 61.7 Å². The van der Waals surface area contributed by atoms with Crippen molar-refractivity contribution >= 4 is 12.0 Å². The molecule has 34 heavy (non-hydrogen) atoms. The lowest BCUT2D eigenvalue weighted by Crippen LogP contribution is -2.16. The van der Waals surface area contributed by atoms with Crippen molar-refractivity contribution in [2.45, 2.75) is 12.0 Å². The van der Waals surface area contributed by atoms with Gasteiger partial charge in [-0.3, -0.25) is 0 Å². The van der Waals surface area contributed by atoms with Crippen molar-refractivity contribution < 1.29 is 42.7 Å². The van der Waals surface area contributed by atoms with Gasteiger partial charge < -0.3 is 37.9 Å². The average molecular weight is 475 g/mol. The van der Waals surface area contributed by atoms with E-state index in [4.69, 9.17) is 37.9 Å². The van der Waals surface area contributed by atoms with Gasteiger partial charge in [-0.05, 0) is 41.5 Å². The molecule has 3 rings (SSSR count). The molecule has 0 aliphatic carbocycles. The number of hydrogen-bond donors (Lipinski definition) is 0. The first-order valence-corrected chi connectivity index (χ1v) is 10.6. The minimum absolute atomic E-state index is 0.105. The second kappa shape index (κ2) is 12.3. The summed E-state index contributed by atoms with van der Waals surface area (Å²) in [6.45, 7) is 0.585. The van der Waals surface area contributed by atoms with Crippen LogP contribution in [0.1, 0.15) is 28.7 Å². The van der Waals surface area contributed by atoms with E-state index in [1.54, 1.807) is 40.6 Å². The number of fused-ring (bicyclic) bond motifs is 1. The highest BCUT2D eigenvalue weighted by Gasteiger charge is 2.38. The lowest BCUT2D eigenvalue weighted by Gasteiger charge is -2.21. The number of esters is 1. The van der Waals surface area contributed by atoms with E-state index in [0.717, 1.165) is 16.7 Å². The molecule has 9 nitrogen and oxygen atoms in total. The Morgan fingerprint density at radius 2 is 1.71 bits per heavy atom. The van der Waals surface area contributed by atoms with Crippen molar-refractivity contribution in [3.05, 3.63) is 53.1 Å². The number of carbonyl (C=O) groups excluding carboxylic acids is 1. The highest BCUT2D eigenvalue weighted by molar-refractivity contribution is 5.87. The van der Waals surface area contributed by atoms with E-state index in [1.165, 1.54) is 13.2 Å². The largest absolute Gasteiger partial charge is 0.493 e. The molecule has 0 fully saturated rings. The first kappa shape index (κ1) is 25.4. The second-order valence-corrected chi connectivity index (χ2v) is 7.38. The van der Waals surface area contributed by atoms with Crippen LogP contribution in [0, 0.1) is 0 Å². The van der Waals surface area contributed by atoms with Crippen molar-refractivity contribution in [3.63, 3.8) is 0 Å². The summed E-state index contributed by atoms with van der Waals surface area (Å²) in [5.74, 6) is 1.65. The van der Waals surface area contributed by atoms with Crippen LogP contribution < -0.4 is 18.9 Å². The van der Waals surface area contributed by atoms with E-state index >= 15 is 0 Å². The van der Waals surface area contributed by atoms with Gasteiger partial charge in [0.05, 0.1) is 33.9 Å². The summed E-state index contributed by atoms with van der Waals surface area (Å²) < 4.78 is 43.6. The Hall–Kier alpha value is -3.27. The Labute approximate surface area is 199 Å². The summed E-state index contributed by atoms with van der Waals surface area (Å²) in [5, 5.41) is 0. The zero-order valence-corrected chi connectivity index (χ0v) is 20.0. The van der Waals surface area contributed by atoms with Gasteiger partial charge in [-0.25, -0.2) is 4.79 Å². The fourth-order valence-corrected chi connectivity index (χ4v) is 3.74. The van der Waals surface area contributed by atoms with E-state index < -0.39 is 5.97 Å². The van der Waals surface area contributed by atoms with Crippen LogP contribution in [0.25, 0.3) is 6.08 Å². The predicted octanol–water partition coefficient (Wildman–Crippen LogP) is 3.71. The maximum Gasteiger partial charge on any atom is 0.330 e. The van der Waals surface area contributed by atoms with Gasteiger partial charge in [-0.2, -0.15) is 0 Å². The lowest BCUT2D eigenvalue weighted by atomic mass is 9.90. The molecule has 1 heterocycles. The van der Waals surface area contributed by atoms with Crippen LogP contribution in [0.5, 0.6) is 23.0 Å². The molecule has 0 radical (unpaired) electrons. The number of carbonyl (C=O) groups is 1. The molecular weight excluding hydrogens is 444 g/mol. The van der Waals surface area contributed by atoms with Crippen molar-refractivity contribution in [1.29, 1.82) is 0 Å². The fraction of sp³-hybridized carbons (Fsp3) is 0.400. The molecule has 0 amide bonds. The number of rotatable bonds is 12. The molecule has 0 saturated heterocycles. The Morgan fingerprint density at radius 1 is 0.941 bits per heavy atom. The number of ether oxygens (including phenoxy) is 8. The van der Waals surface area contributed by atoms with E-state index in [0.29, 0.717) is 29.6 Å². The summed E-state index contributed by atoms with van der Waals surface area (Å²) in [7, 11) is 7.60. The summed E-state index contributed by atoms with van der Waals surface area (Å²) >= 11 is 0. The number of benzene rings is 2. The summed E-state index contributed by atoms with van der Waals surface area (Å²) in [6.07, 6.45) is 2.64. The van der Waals surface area contributed by atoms with Crippen molar-refractivity contribution in [3.8, 4) is 23.0 Å². The van der Waals surface area contributed by atoms with Gasteiger partial charge in [-0.1, -0.05) is 6.07 Å². The average Bonchev–Trinajstić information content (AvgIpc) is 3.23. The molecule has 2 aromatic carbocycles. The first-order valence-electron chi connectivity index (χ1n) is 10.6. The Bertz CT molecular complexity index is 1000. The van der Waals surface area contributed by atoms with Gasteiger partial charge in [0.2, 0.25) is 0 Å². The highest BCUT2D eigenvalue weighted by Crippen LogP contribution is 2.51. The quantitative estimate of drug-likeness (QED) is 0.198. The van der Waals surface area contributed by atoms with Crippen LogP contribution in [0.4, 0.5) is 0 Å². The fourth-order valence-electron chi connectivity index (χ4n) is 3.74. The van der Waals surface area contributed by atoms with Crippen molar-refractivity contribution in [2.75, 3.05) is 55.7 Å². The molecule has 184 valence electrons. The van der Waals surface area contributed by atoms with Gasteiger partial charge in [0.15, 0.2) is 29.8 Å². The van der Waals surface area contributed by atoms with E-state index in [2.05, 4.69) is 0 Å². The Balaban J connectivity index is 2.00. The van der Waals surface area contributed by atoms with E-state index in [-0.39, 0.29) is 25.6 Å². The zero-order chi connectivity index (χ0) is 24.5. The summed E-state index contributed by atoms with van der Waals surface area (Å²) in [4.78, 5) is 11.6. The molecule has 0 aromatic heterocycles. The van der Waals surface area contributed by atoms with Crippen LogP contribution in [-0.2, 0) is 23.7 Å². The van der Waals surface area contributed by atoms with E-state index in [9.17, 15) is 4.79 Å². The molecular formula is C25H30O9. The third-order valence-electron chi connectivity index (χ3n) is 5.30. The molecule has 2 atom stereocenters. The summed E-state index contributed by atoms with van der Waals surface area (Å²) in [6, 6.07) is 9.35. The smallest absolute Gasteiger partial charge is 0.330 e. The minimum Gasteiger partial charge on any atom is -0.493 e. The normalized spacial score (nSPS) is 16.7. The molecule has 1 aliphatic heterocycles. The molecule has 9 heteroatoms. The van der Waals surface area contributed by atoms with Gasteiger partial charge in [-0.15, -0.1) is 0 Å². The van der Waals surface area contributed by atoms with E-state index in [1.807, 2.05) is 24.3 Å². The maximum atomic E-state index is 11.6. The van der Waals surface area contributed by atoms with Crippen LogP contribution in [0.15, 0.2) is 36.4 Å². The van der Waals surface area contributed by atoms with Gasteiger partial charge in [0.25, 0.3) is 0 Å². The van der Waals surface area contributed by atoms with Crippen LogP contribution in [0.3, 0.4) is 0 Å². The molecule has 0 N–H and O–H groups in total. The molecule has 0 saturated carbocycles. The standard InChI is InChI=1S/C25H30O9/c1-27-14-32-13-19-18-10-16(6-9-23(26)31-5)11-22(30-4)25(18)34-24(19)17-7-8-20(33-15-28-2)21(12-17)29-3/h6-12,19,24H,13-15H2,1-5H3/b9-6+/t19-,24+/m1/s1. The van der Waals surface area contributed by atoms with Gasteiger partial charge in [0, 0.05) is 25.9 Å². The van der Waals surface area contributed by atoms with Gasteiger partial charge in [0.1, 0.15) is 12.9 Å². The molecule has 1 aliphatic rings. The number of hydrogen-bond acceptors (Lipinski definition) is 9. The SMILES string of the molecule is COCOC[C@@H]1c2cc(/C=C/C(=O)OC)cc(OC)c2O[C@H]1c1ccc(OCOC)c(OC)c1. The summed E-state index contributed by atoms with van der Waals surface area (Å²) in [5.41, 5.74) is 2.53. The predicted molar refractivity (Wildman–Crippen MR) is 123 cm³/mol. The van der Waals surface area contributed by atoms with Crippen LogP contribution >= 0.6 is 0 Å². The Morgan fingerprint density at radius 3 is 2.38 bits per heavy atom. The number of methoxy groups -OCH3 is 5. The monoisotopic (exact) mass is 474 g/mol. The first-order chi connectivity index (χ1) is 16.6. The topological polar surface area (TPSA) is 90.9 Å². The third kappa shape index (κ3) is 5.80. The minimum atomic E-state index is -0.448. The molecule has 2 aromatic rings. The Kier molecular flexibility index (Phi) is 9.15. The maximum absolute atomic E-state index is 11.6. The highest BCUT2D eigenvalue weighted by atomic mass is 16.7. The second-order valence-electron chi connectivity index (χ2n) is 7.38.